The van der Waals surface area contributed by atoms with Crippen molar-refractivity contribution in [1.82, 2.24) is 9.62 Å². The number of nitrogens with one attached hydrogen (secondary N) is 2. The van der Waals surface area contributed by atoms with E-state index in [2.05, 4.69) is 10.0 Å². The van der Waals surface area contributed by atoms with Gasteiger partial charge in [-0.15, -0.1) is 0 Å². The van der Waals surface area contributed by atoms with E-state index >= 15 is 0 Å². The second-order valence-corrected chi connectivity index (χ2v) is 10.6. The number of sulfonamides is 2. The van der Waals surface area contributed by atoms with E-state index in [0.29, 0.717) is 37.2 Å². The summed E-state index contributed by atoms with van der Waals surface area (Å²) in [6.45, 7) is 0.734. The molecule has 1 aliphatic heterocycles. The molecule has 2 N–H and O–H groups in total. The van der Waals surface area contributed by atoms with Gasteiger partial charge >= 0.3 is 0 Å². The second kappa shape index (κ2) is 8.52. The summed E-state index contributed by atoms with van der Waals surface area (Å²) in [7, 11) is -6.96. The van der Waals surface area contributed by atoms with Crippen molar-refractivity contribution < 1.29 is 21.6 Å². The average molecular weight is 438 g/mol. The highest BCUT2D eigenvalue weighted by molar-refractivity contribution is 7.92. The van der Waals surface area contributed by atoms with Crippen LogP contribution in [-0.4, -0.2) is 52.4 Å². The first-order chi connectivity index (χ1) is 13.6. The number of hydrogen-bond donors (Lipinski definition) is 2. The number of carbonyl (C=O) groups is 1. The van der Waals surface area contributed by atoms with Gasteiger partial charge in [-0.2, -0.15) is 0 Å². The molecule has 0 aliphatic carbocycles. The number of rotatable bonds is 6. The fourth-order valence-corrected chi connectivity index (χ4v) is 5.04. The minimum Gasteiger partial charge on any atom is -0.349 e. The van der Waals surface area contributed by atoms with Gasteiger partial charge in [0.1, 0.15) is 0 Å². The van der Waals surface area contributed by atoms with Crippen LogP contribution in [0.4, 0.5) is 5.69 Å². The topological polar surface area (TPSA) is 113 Å². The van der Waals surface area contributed by atoms with E-state index in [1.165, 1.54) is 34.8 Å². The SMILES string of the molecule is CS(=O)(=O)N1CCC(NC(=O)c2ccc(S(=O)(=O)Nc3ccccc3)cc2)CC1. The predicted octanol–water partition coefficient (Wildman–Crippen LogP) is 1.64. The normalized spacial score (nSPS) is 16.3. The maximum Gasteiger partial charge on any atom is 0.261 e. The van der Waals surface area contributed by atoms with Crippen molar-refractivity contribution in [2.45, 2.75) is 23.8 Å². The molecule has 0 aromatic heterocycles. The molecule has 0 unspecified atom stereocenters. The molecule has 10 heteroatoms. The molecule has 29 heavy (non-hydrogen) atoms. The molecule has 1 amide bonds. The van der Waals surface area contributed by atoms with Crippen LogP contribution in [0.1, 0.15) is 23.2 Å². The zero-order valence-corrected chi connectivity index (χ0v) is 17.5. The summed E-state index contributed by atoms with van der Waals surface area (Å²) in [4.78, 5) is 12.5. The van der Waals surface area contributed by atoms with Crippen LogP contribution in [0, 0.1) is 0 Å². The van der Waals surface area contributed by atoms with E-state index in [0.717, 1.165) is 0 Å². The zero-order chi connectivity index (χ0) is 21.1. The molecule has 2 aromatic rings. The molecule has 0 atom stereocenters. The largest absolute Gasteiger partial charge is 0.349 e. The molecular formula is C19H23N3O5S2. The van der Waals surface area contributed by atoms with Gasteiger partial charge < -0.3 is 5.32 Å². The number of amides is 1. The molecule has 0 spiro atoms. The van der Waals surface area contributed by atoms with Gasteiger partial charge in [0.05, 0.1) is 11.2 Å². The third kappa shape index (κ3) is 5.55. The first-order valence-corrected chi connectivity index (χ1v) is 12.4. The highest BCUT2D eigenvalue weighted by atomic mass is 32.2. The molecule has 8 nitrogen and oxygen atoms in total. The van der Waals surface area contributed by atoms with Gasteiger partial charge in [0.25, 0.3) is 15.9 Å². The molecule has 156 valence electrons. The Morgan fingerprint density at radius 1 is 0.931 bits per heavy atom. The summed E-state index contributed by atoms with van der Waals surface area (Å²) in [6.07, 6.45) is 2.24. The lowest BCUT2D eigenvalue weighted by atomic mass is 10.1. The minimum atomic E-state index is -3.75. The fraction of sp³-hybridized carbons (Fsp3) is 0.316. The van der Waals surface area contributed by atoms with Gasteiger partial charge in [-0.3, -0.25) is 9.52 Å². The summed E-state index contributed by atoms with van der Waals surface area (Å²) in [5, 5.41) is 2.88. The monoisotopic (exact) mass is 437 g/mol. The van der Waals surface area contributed by atoms with Crippen molar-refractivity contribution >= 4 is 31.6 Å². The molecule has 0 radical (unpaired) electrons. The summed E-state index contributed by atoms with van der Waals surface area (Å²) in [5.74, 6) is -0.317. The van der Waals surface area contributed by atoms with E-state index in [1.54, 1.807) is 30.3 Å². The summed E-state index contributed by atoms with van der Waals surface area (Å²) in [5.41, 5.74) is 0.795. The zero-order valence-electron chi connectivity index (χ0n) is 15.9. The quantitative estimate of drug-likeness (QED) is 0.713. The Balaban J connectivity index is 1.60. The van der Waals surface area contributed by atoms with Crippen molar-refractivity contribution in [3.63, 3.8) is 0 Å². The number of anilines is 1. The molecule has 0 bridgehead atoms. The molecule has 3 rings (SSSR count). The van der Waals surface area contributed by atoms with Gasteiger partial charge in [-0.25, -0.2) is 21.1 Å². The van der Waals surface area contributed by atoms with E-state index < -0.39 is 20.0 Å². The number of hydrogen-bond acceptors (Lipinski definition) is 5. The Morgan fingerprint density at radius 3 is 2.07 bits per heavy atom. The van der Waals surface area contributed by atoms with E-state index in [4.69, 9.17) is 0 Å². The van der Waals surface area contributed by atoms with E-state index in [1.807, 2.05) is 0 Å². The molecule has 1 heterocycles. The first-order valence-electron chi connectivity index (χ1n) is 9.09. The maximum atomic E-state index is 12.4. The minimum absolute atomic E-state index is 0.0550. The lowest BCUT2D eigenvalue weighted by molar-refractivity contribution is 0.0924. The van der Waals surface area contributed by atoms with Crippen molar-refractivity contribution in [2.75, 3.05) is 24.1 Å². The molecule has 1 fully saturated rings. The molecule has 1 aliphatic rings. The Bertz CT molecular complexity index is 1060. The first kappa shape index (κ1) is 21.3. The van der Waals surface area contributed by atoms with Crippen LogP contribution in [0.15, 0.2) is 59.5 Å². The Kier molecular flexibility index (Phi) is 6.25. The van der Waals surface area contributed by atoms with Crippen molar-refractivity contribution in [3.8, 4) is 0 Å². The van der Waals surface area contributed by atoms with Gasteiger partial charge in [0, 0.05) is 30.4 Å². The van der Waals surface area contributed by atoms with Crippen LogP contribution in [0.25, 0.3) is 0 Å². The number of piperidine rings is 1. The summed E-state index contributed by atoms with van der Waals surface area (Å²) in [6, 6.07) is 14.1. The fourth-order valence-electron chi connectivity index (χ4n) is 3.11. The number of nitrogens with zero attached hydrogens (tertiary/aromatic N) is 1. The van der Waals surface area contributed by atoms with Crippen LogP contribution in [0.5, 0.6) is 0 Å². The van der Waals surface area contributed by atoms with Crippen LogP contribution in [0.3, 0.4) is 0 Å². The third-order valence-corrected chi connectivity index (χ3v) is 7.41. The highest BCUT2D eigenvalue weighted by Crippen LogP contribution is 2.17. The van der Waals surface area contributed by atoms with E-state index in [-0.39, 0.29) is 16.8 Å². The van der Waals surface area contributed by atoms with Crippen LogP contribution in [0.2, 0.25) is 0 Å². The smallest absolute Gasteiger partial charge is 0.261 e. The second-order valence-electron chi connectivity index (χ2n) is 6.91. The van der Waals surface area contributed by atoms with Crippen molar-refractivity contribution in [2.24, 2.45) is 0 Å². The van der Waals surface area contributed by atoms with E-state index in [9.17, 15) is 21.6 Å². The molecular weight excluding hydrogens is 414 g/mol. The Labute approximate surface area is 171 Å². The number of benzene rings is 2. The van der Waals surface area contributed by atoms with Crippen molar-refractivity contribution in [3.05, 3.63) is 60.2 Å². The Morgan fingerprint density at radius 2 is 1.52 bits per heavy atom. The van der Waals surface area contributed by atoms with Gasteiger partial charge in [-0.05, 0) is 49.2 Å². The van der Waals surface area contributed by atoms with Gasteiger partial charge in [-0.1, -0.05) is 18.2 Å². The van der Waals surface area contributed by atoms with Crippen LogP contribution >= 0.6 is 0 Å². The molecule has 1 saturated heterocycles. The average Bonchev–Trinajstić information content (AvgIpc) is 2.68. The standard InChI is InChI=1S/C19H23N3O5S2/c1-28(24,25)22-13-11-16(12-14-22)20-19(23)15-7-9-18(10-8-15)29(26,27)21-17-5-3-2-4-6-17/h2-10,16,21H,11-14H2,1H3,(H,20,23). The van der Waals surface area contributed by atoms with Crippen molar-refractivity contribution in [1.29, 1.82) is 0 Å². The van der Waals surface area contributed by atoms with Crippen LogP contribution < -0.4 is 10.0 Å². The van der Waals surface area contributed by atoms with Gasteiger partial charge in [0.15, 0.2) is 0 Å². The van der Waals surface area contributed by atoms with Crippen LogP contribution in [-0.2, 0) is 20.0 Å². The third-order valence-electron chi connectivity index (χ3n) is 4.71. The maximum absolute atomic E-state index is 12.4. The molecule has 2 aromatic carbocycles. The summed E-state index contributed by atoms with van der Waals surface area (Å²) < 4.78 is 51.9. The highest BCUT2D eigenvalue weighted by Gasteiger charge is 2.26. The predicted molar refractivity (Wildman–Crippen MR) is 111 cm³/mol. The number of para-hydroxylation sites is 1. The summed E-state index contributed by atoms with van der Waals surface area (Å²) >= 11 is 0. The van der Waals surface area contributed by atoms with Gasteiger partial charge in [0.2, 0.25) is 10.0 Å². The Hall–Kier alpha value is -2.43. The lowest BCUT2D eigenvalue weighted by Gasteiger charge is -2.30. The number of carbonyl (C=O) groups excluding carboxylic acids is 1. The lowest BCUT2D eigenvalue weighted by Crippen LogP contribution is -2.46. The molecule has 0 saturated carbocycles.